The Hall–Kier alpha value is -2.34. The second-order valence-corrected chi connectivity index (χ2v) is 7.15. The van der Waals surface area contributed by atoms with Gasteiger partial charge in [-0.15, -0.1) is 24.0 Å². The van der Waals surface area contributed by atoms with E-state index in [2.05, 4.69) is 20.9 Å². The largest absolute Gasteiger partial charge is 0.468 e. The molecule has 1 aliphatic rings. The van der Waals surface area contributed by atoms with Gasteiger partial charge in [-0.3, -0.25) is 20.0 Å². The van der Waals surface area contributed by atoms with Crippen molar-refractivity contribution in [3.8, 4) is 0 Å². The van der Waals surface area contributed by atoms with Crippen LogP contribution in [0.15, 0.2) is 52.1 Å². The number of non-ortho nitro benzene ring substituents is 1. The van der Waals surface area contributed by atoms with Crippen LogP contribution in [0.3, 0.4) is 0 Å². The van der Waals surface area contributed by atoms with Gasteiger partial charge in [-0.25, -0.2) is 0 Å². The number of nitro benzene ring substituents is 1. The van der Waals surface area contributed by atoms with Crippen LogP contribution in [0, 0.1) is 10.1 Å². The van der Waals surface area contributed by atoms with E-state index in [4.69, 9.17) is 9.41 Å². The third kappa shape index (κ3) is 7.69. The lowest BCUT2D eigenvalue weighted by atomic mass is 10.2. The zero-order valence-corrected chi connectivity index (χ0v) is 20.1. The van der Waals surface area contributed by atoms with Crippen molar-refractivity contribution in [2.45, 2.75) is 25.8 Å². The number of nitro groups is 1. The van der Waals surface area contributed by atoms with Crippen LogP contribution in [-0.2, 0) is 0 Å². The number of guanidine groups is 1. The number of nitrogens with one attached hydrogen (secondary N) is 3. The lowest BCUT2D eigenvalue weighted by Crippen LogP contribution is -2.40. The molecule has 0 bridgehead atoms. The van der Waals surface area contributed by atoms with Crippen molar-refractivity contribution in [2.75, 3.05) is 44.6 Å². The third-order valence-corrected chi connectivity index (χ3v) is 5.04. The van der Waals surface area contributed by atoms with Crippen LogP contribution in [0.2, 0.25) is 0 Å². The van der Waals surface area contributed by atoms with Crippen LogP contribution >= 0.6 is 24.0 Å². The summed E-state index contributed by atoms with van der Waals surface area (Å²) in [4.78, 5) is 17.5. The maximum Gasteiger partial charge on any atom is 0.269 e. The van der Waals surface area contributed by atoms with Crippen molar-refractivity contribution in [1.29, 1.82) is 0 Å². The van der Waals surface area contributed by atoms with E-state index in [1.165, 1.54) is 25.0 Å². The Kier molecular flexibility index (Phi) is 10.6. The summed E-state index contributed by atoms with van der Waals surface area (Å²) in [7, 11) is 0. The first kappa shape index (κ1) is 24.9. The molecule has 0 amide bonds. The predicted molar refractivity (Wildman–Crippen MR) is 133 cm³/mol. The summed E-state index contributed by atoms with van der Waals surface area (Å²) in [5.74, 6) is 1.72. The first-order valence-electron chi connectivity index (χ1n) is 10.5. The Balaban J connectivity index is 0.00000341. The van der Waals surface area contributed by atoms with Gasteiger partial charge in [0.05, 0.1) is 23.8 Å². The van der Waals surface area contributed by atoms with Crippen LogP contribution in [0.5, 0.6) is 0 Å². The van der Waals surface area contributed by atoms with E-state index in [0.717, 1.165) is 37.0 Å². The monoisotopic (exact) mass is 542 g/mol. The molecule has 9 nitrogen and oxygen atoms in total. The molecule has 10 heteroatoms. The number of halogens is 1. The molecule has 3 rings (SSSR count). The Labute approximate surface area is 199 Å². The van der Waals surface area contributed by atoms with Crippen LogP contribution < -0.4 is 16.0 Å². The number of hydrogen-bond donors (Lipinski definition) is 3. The fraction of sp³-hybridized carbons (Fsp3) is 0.476. The third-order valence-electron chi connectivity index (χ3n) is 5.04. The second kappa shape index (κ2) is 13.2. The van der Waals surface area contributed by atoms with Crippen molar-refractivity contribution >= 4 is 41.3 Å². The molecule has 0 radical (unpaired) electrons. The fourth-order valence-corrected chi connectivity index (χ4v) is 3.53. The van der Waals surface area contributed by atoms with Gasteiger partial charge in [-0.1, -0.05) is 0 Å². The summed E-state index contributed by atoms with van der Waals surface area (Å²) in [6, 6.07) is 10.5. The first-order chi connectivity index (χ1) is 14.7. The maximum absolute atomic E-state index is 10.7. The highest BCUT2D eigenvalue weighted by molar-refractivity contribution is 14.0. The normalized spacial score (nSPS) is 15.2. The van der Waals surface area contributed by atoms with Gasteiger partial charge in [-0.05, 0) is 57.1 Å². The number of rotatable bonds is 10. The molecule has 0 spiro atoms. The molecule has 1 fully saturated rings. The predicted octanol–water partition coefficient (Wildman–Crippen LogP) is 3.61. The minimum Gasteiger partial charge on any atom is -0.468 e. The number of nitrogens with zero attached hydrogens (tertiary/aromatic N) is 3. The highest BCUT2D eigenvalue weighted by atomic mass is 127. The van der Waals surface area contributed by atoms with Crippen molar-refractivity contribution < 1.29 is 9.34 Å². The summed E-state index contributed by atoms with van der Waals surface area (Å²) in [6.45, 7) is 6.91. The molecular formula is C21H31IN6O3. The van der Waals surface area contributed by atoms with Crippen LogP contribution in [0.1, 0.15) is 31.6 Å². The van der Waals surface area contributed by atoms with Crippen molar-refractivity contribution in [2.24, 2.45) is 4.99 Å². The summed E-state index contributed by atoms with van der Waals surface area (Å²) in [5, 5.41) is 20.6. The van der Waals surface area contributed by atoms with Gasteiger partial charge in [-0.2, -0.15) is 0 Å². The van der Waals surface area contributed by atoms with E-state index in [0.29, 0.717) is 19.6 Å². The van der Waals surface area contributed by atoms with Gasteiger partial charge in [0.15, 0.2) is 5.96 Å². The van der Waals surface area contributed by atoms with E-state index in [1.54, 1.807) is 18.4 Å². The summed E-state index contributed by atoms with van der Waals surface area (Å²) >= 11 is 0. The second-order valence-electron chi connectivity index (χ2n) is 7.15. The lowest BCUT2D eigenvalue weighted by molar-refractivity contribution is -0.384. The smallest absolute Gasteiger partial charge is 0.269 e. The molecule has 0 saturated carbocycles. The average Bonchev–Trinajstić information content (AvgIpc) is 3.46. The quantitative estimate of drug-likeness (QED) is 0.105. The van der Waals surface area contributed by atoms with E-state index in [-0.39, 0.29) is 35.7 Å². The molecule has 1 aromatic carbocycles. The van der Waals surface area contributed by atoms with Crippen LogP contribution in [0.25, 0.3) is 0 Å². The SMILES string of the molecule is CCNC(=NCC(c1ccco1)N1CCCC1)NCCNc1ccc([N+](=O)[O-])cc1.I. The topological polar surface area (TPSA) is 108 Å². The molecule has 2 heterocycles. The van der Waals surface area contributed by atoms with E-state index in [1.807, 2.05) is 19.1 Å². The molecule has 1 unspecified atom stereocenters. The zero-order valence-electron chi connectivity index (χ0n) is 17.8. The van der Waals surface area contributed by atoms with Gasteiger partial charge in [0.2, 0.25) is 0 Å². The molecule has 1 aromatic heterocycles. The molecule has 1 atom stereocenters. The molecule has 31 heavy (non-hydrogen) atoms. The van der Waals surface area contributed by atoms with E-state index < -0.39 is 4.92 Å². The lowest BCUT2D eigenvalue weighted by Gasteiger charge is -2.24. The molecule has 0 aliphatic carbocycles. The van der Waals surface area contributed by atoms with Gasteiger partial charge < -0.3 is 20.4 Å². The highest BCUT2D eigenvalue weighted by Crippen LogP contribution is 2.25. The van der Waals surface area contributed by atoms with Gasteiger partial charge in [0.25, 0.3) is 5.69 Å². The average molecular weight is 542 g/mol. The van der Waals surface area contributed by atoms with Gasteiger partial charge in [0.1, 0.15) is 5.76 Å². The first-order valence-corrected chi connectivity index (χ1v) is 10.5. The number of furan rings is 1. The summed E-state index contributed by atoms with van der Waals surface area (Å²) < 4.78 is 5.67. The molecule has 3 N–H and O–H groups in total. The van der Waals surface area contributed by atoms with Crippen molar-refractivity contribution in [1.82, 2.24) is 15.5 Å². The summed E-state index contributed by atoms with van der Waals surface area (Å²) in [6.07, 6.45) is 4.15. The maximum atomic E-state index is 10.7. The van der Waals surface area contributed by atoms with Crippen molar-refractivity contribution in [3.63, 3.8) is 0 Å². The molecule has 1 saturated heterocycles. The fourth-order valence-electron chi connectivity index (χ4n) is 3.53. The minimum absolute atomic E-state index is 0. The zero-order chi connectivity index (χ0) is 21.2. The minimum atomic E-state index is -0.400. The molecular weight excluding hydrogens is 511 g/mol. The Morgan fingerprint density at radius 2 is 1.94 bits per heavy atom. The van der Waals surface area contributed by atoms with Crippen molar-refractivity contribution in [3.05, 3.63) is 58.5 Å². The number of likely N-dealkylation sites (tertiary alicyclic amines) is 1. The molecule has 170 valence electrons. The number of aliphatic imine (C=N–C) groups is 1. The van der Waals surface area contributed by atoms with E-state index >= 15 is 0 Å². The van der Waals surface area contributed by atoms with Crippen LogP contribution in [0.4, 0.5) is 11.4 Å². The number of benzene rings is 1. The Bertz CT molecular complexity index is 807. The number of anilines is 1. The van der Waals surface area contributed by atoms with Gasteiger partial charge in [0, 0.05) is 37.5 Å². The highest BCUT2D eigenvalue weighted by Gasteiger charge is 2.25. The Morgan fingerprint density at radius 3 is 2.55 bits per heavy atom. The van der Waals surface area contributed by atoms with Crippen LogP contribution in [-0.4, -0.2) is 55.1 Å². The standard InChI is InChI=1S/C21H30N6O3.HI/c1-2-22-21(24-12-11-23-17-7-9-18(10-8-17)27(28)29)25-16-19(20-6-5-15-30-20)26-13-3-4-14-26;/h5-10,15,19,23H,2-4,11-14,16H2,1H3,(H2,22,24,25);1H. The molecule has 2 aromatic rings. The summed E-state index contributed by atoms with van der Waals surface area (Å²) in [5.41, 5.74) is 0.931. The molecule has 1 aliphatic heterocycles. The number of hydrogen-bond acceptors (Lipinski definition) is 6. The Morgan fingerprint density at radius 1 is 1.19 bits per heavy atom. The van der Waals surface area contributed by atoms with Gasteiger partial charge >= 0.3 is 0 Å². The van der Waals surface area contributed by atoms with E-state index in [9.17, 15) is 10.1 Å².